The molecule has 21 heavy (non-hydrogen) atoms. The number of anilines is 1. The summed E-state index contributed by atoms with van der Waals surface area (Å²) in [7, 11) is -3.60. The molecule has 2 heterocycles. The predicted molar refractivity (Wildman–Crippen MR) is 75.1 cm³/mol. The summed E-state index contributed by atoms with van der Waals surface area (Å²) in [6, 6.07) is 3.41. The zero-order valence-electron chi connectivity index (χ0n) is 11.5. The minimum atomic E-state index is -3.60. The van der Waals surface area contributed by atoms with E-state index in [4.69, 9.17) is 15.2 Å². The largest absolute Gasteiger partial charge is 0.398 e. The fraction of sp³-hybridized carbons (Fsp3) is 0.571. The van der Waals surface area contributed by atoms with Gasteiger partial charge in [0.2, 0.25) is 0 Å². The summed E-state index contributed by atoms with van der Waals surface area (Å²) >= 11 is 0. The van der Waals surface area contributed by atoms with Crippen molar-refractivity contribution >= 4 is 15.5 Å². The first-order chi connectivity index (χ1) is 9.93. The third kappa shape index (κ3) is 2.65. The van der Waals surface area contributed by atoms with Gasteiger partial charge in [0.05, 0.1) is 28.0 Å². The number of sulfone groups is 1. The SMILES string of the molecule is Nc1cc(F)ccc1S(=O)(=O)C1CCOC2(CCOC2)C1. The van der Waals surface area contributed by atoms with Gasteiger partial charge in [-0.3, -0.25) is 0 Å². The highest BCUT2D eigenvalue weighted by Gasteiger charge is 2.45. The lowest BCUT2D eigenvalue weighted by Crippen LogP contribution is -2.45. The second kappa shape index (κ2) is 5.23. The van der Waals surface area contributed by atoms with Crippen LogP contribution in [0.2, 0.25) is 0 Å². The van der Waals surface area contributed by atoms with E-state index in [-0.39, 0.29) is 10.6 Å². The number of halogens is 1. The molecule has 0 amide bonds. The molecule has 0 aromatic heterocycles. The van der Waals surface area contributed by atoms with E-state index in [0.29, 0.717) is 39.1 Å². The van der Waals surface area contributed by atoms with Crippen molar-refractivity contribution in [2.75, 3.05) is 25.6 Å². The van der Waals surface area contributed by atoms with Crippen molar-refractivity contribution in [2.45, 2.75) is 35.0 Å². The lowest BCUT2D eigenvalue weighted by molar-refractivity contribution is -0.0778. The summed E-state index contributed by atoms with van der Waals surface area (Å²) in [6.07, 6.45) is 1.52. The number of nitrogen functional groups attached to an aromatic ring is 1. The smallest absolute Gasteiger partial charge is 0.183 e. The average molecular weight is 315 g/mol. The Morgan fingerprint density at radius 2 is 2.14 bits per heavy atom. The van der Waals surface area contributed by atoms with Gasteiger partial charge < -0.3 is 15.2 Å². The number of nitrogens with two attached hydrogens (primary N) is 1. The molecule has 0 bridgehead atoms. The normalized spacial score (nSPS) is 29.9. The van der Waals surface area contributed by atoms with Crippen LogP contribution in [0.25, 0.3) is 0 Å². The first kappa shape index (κ1) is 14.7. The maximum atomic E-state index is 13.1. The van der Waals surface area contributed by atoms with Crippen LogP contribution >= 0.6 is 0 Å². The van der Waals surface area contributed by atoms with Crippen LogP contribution in [0.4, 0.5) is 10.1 Å². The van der Waals surface area contributed by atoms with Crippen molar-refractivity contribution in [3.05, 3.63) is 24.0 Å². The van der Waals surface area contributed by atoms with Gasteiger partial charge in [0.1, 0.15) is 5.82 Å². The van der Waals surface area contributed by atoms with Gasteiger partial charge >= 0.3 is 0 Å². The standard InChI is InChI=1S/C14H18FNO4S/c15-10-1-2-13(12(16)7-10)21(17,18)11-3-5-20-14(8-11)4-6-19-9-14/h1-2,7,11H,3-6,8-9,16H2. The van der Waals surface area contributed by atoms with Crippen LogP contribution in [0.3, 0.4) is 0 Å². The zero-order chi connectivity index (χ0) is 15.1. The Bertz CT molecular complexity index is 640. The molecule has 0 saturated carbocycles. The quantitative estimate of drug-likeness (QED) is 0.661. The molecule has 2 aliphatic heterocycles. The Balaban J connectivity index is 1.90. The Kier molecular flexibility index (Phi) is 3.67. The first-order valence-electron chi connectivity index (χ1n) is 6.94. The van der Waals surface area contributed by atoms with Gasteiger partial charge in [-0.05, 0) is 31.0 Å². The Labute approximate surface area is 123 Å². The summed E-state index contributed by atoms with van der Waals surface area (Å²) in [6.45, 7) is 1.40. The van der Waals surface area contributed by atoms with E-state index in [1.165, 1.54) is 6.07 Å². The predicted octanol–water partition coefficient (Wildman–Crippen LogP) is 1.52. The summed E-state index contributed by atoms with van der Waals surface area (Å²) in [5, 5.41) is -0.569. The number of benzene rings is 1. The monoisotopic (exact) mass is 315 g/mol. The van der Waals surface area contributed by atoms with Crippen LogP contribution in [0.15, 0.2) is 23.1 Å². The Morgan fingerprint density at radius 1 is 1.33 bits per heavy atom. The van der Waals surface area contributed by atoms with Crippen molar-refractivity contribution < 1.29 is 22.3 Å². The lowest BCUT2D eigenvalue weighted by Gasteiger charge is -2.36. The van der Waals surface area contributed by atoms with E-state index >= 15 is 0 Å². The van der Waals surface area contributed by atoms with Crippen molar-refractivity contribution in [3.8, 4) is 0 Å². The van der Waals surface area contributed by atoms with Gasteiger partial charge in [-0.15, -0.1) is 0 Å². The van der Waals surface area contributed by atoms with Gasteiger partial charge in [0.15, 0.2) is 9.84 Å². The molecule has 2 atom stereocenters. The number of ether oxygens (including phenoxy) is 2. The summed E-state index contributed by atoms with van der Waals surface area (Å²) in [5.74, 6) is -0.543. The average Bonchev–Trinajstić information content (AvgIpc) is 2.86. The highest BCUT2D eigenvalue weighted by atomic mass is 32.2. The second-order valence-corrected chi connectivity index (χ2v) is 7.87. The van der Waals surface area contributed by atoms with Crippen molar-refractivity contribution in [2.24, 2.45) is 0 Å². The molecule has 5 nitrogen and oxygen atoms in total. The topological polar surface area (TPSA) is 78.6 Å². The van der Waals surface area contributed by atoms with Crippen LogP contribution in [0, 0.1) is 5.82 Å². The summed E-state index contributed by atoms with van der Waals surface area (Å²) in [5.41, 5.74) is 5.15. The van der Waals surface area contributed by atoms with Gasteiger partial charge in [-0.2, -0.15) is 0 Å². The van der Waals surface area contributed by atoms with Crippen molar-refractivity contribution in [1.82, 2.24) is 0 Å². The van der Waals surface area contributed by atoms with Gasteiger partial charge in [0.25, 0.3) is 0 Å². The first-order valence-corrected chi connectivity index (χ1v) is 8.48. The molecule has 0 radical (unpaired) electrons. The highest BCUT2D eigenvalue weighted by Crippen LogP contribution is 2.38. The van der Waals surface area contributed by atoms with Crippen LogP contribution in [-0.2, 0) is 19.3 Å². The van der Waals surface area contributed by atoms with Crippen LogP contribution in [0.5, 0.6) is 0 Å². The van der Waals surface area contributed by atoms with E-state index in [1.54, 1.807) is 0 Å². The molecular weight excluding hydrogens is 297 g/mol. The van der Waals surface area contributed by atoms with Crippen LogP contribution < -0.4 is 5.73 Å². The fourth-order valence-electron chi connectivity index (χ4n) is 3.07. The fourth-order valence-corrected chi connectivity index (χ4v) is 5.00. The molecular formula is C14H18FNO4S. The van der Waals surface area contributed by atoms with E-state index in [2.05, 4.69) is 0 Å². The maximum absolute atomic E-state index is 13.1. The second-order valence-electron chi connectivity index (χ2n) is 5.68. The zero-order valence-corrected chi connectivity index (χ0v) is 12.4. The highest BCUT2D eigenvalue weighted by molar-refractivity contribution is 7.92. The molecule has 1 aromatic rings. The Morgan fingerprint density at radius 3 is 2.81 bits per heavy atom. The van der Waals surface area contributed by atoms with Crippen molar-refractivity contribution in [1.29, 1.82) is 0 Å². The van der Waals surface area contributed by atoms with E-state index in [9.17, 15) is 12.8 Å². The molecule has 116 valence electrons. The maximum Gasteiger partial charge on any atom is 0.183 e. The Hall–Kier alpha value is -1.18. The van der Waals surface area contributed by atoms with E-state index < -0.39 is 26.5 Å². The van der Waals surface area contributed by atoms with Gasteiger partial charge in [-0.25, -0.2) is 12.8 Å². The third-order valence-electron chi connectivity index (χ3n) is 4.23. The van der Waals surface area contributed by atoms with Crippen LogP contribution in [-0.4, -0.2) is 39.1 Å². The van der Waals surface area contributed by atoms with E-state index in [0.717, 1.165) is 12.1 Å². The molecule has 1 spiro atoms. The minimum Gasteiger partial charge on any atom is -0.398 e. The summed E-state index contributed by atoms with van der Waals surface area (Å²) < 4.78 is 49.7. The minimum absolute atomic E-state index is 0.00450. The molecule has 2 unspecified atom stereocenters. The molecule has 2 N–H and O–H groups in total. The summed E-state index contributed by atoms with van der Waals surface area (Å²) in [4.78, 5) is 0.00450. The molecule has 0 aliphatic carbocycles. The number of hydrogen-bond donors (Lipinski definition) is 1. The van der Waals surface area contributed by atoms with Gasteiger partial charge in [0, 0.05) is 19.6 Å². The third-order valence-corrected chi connectivity index (χ3v) is 6.50. The molecule has 1 aromatic carbocycles. The van der Waals surface area contributed by atoms with E-state index in [1.807, 2.05) is 0 Å². The molecule has 2 aliphatic rings. The molecule has 3 rings (SSSR count). The molecule has 2 fully saturated rings. The number of rotatable bonds is 2. The number of hydrogen-bond acceptors (Lipinski definition) is 5. The molecule has 7 heteroatoms. The van der Waals surface area contributed by atoms with Gasteiger partial charge in [-0.1, -0.05) is 0 Å². The van der Waals surface area contributed by atoms with Crippen molar-refractivity contribution in [3.63, 3.8) is 0 Å². The molecule has 2 saturated heterocycles. The lowest BCUT2D eigenvalue weighted by atomic mass is 9.93. The van der Waals surface area contributed by atoms with Crippen LogP contribution in [0.1, 0.15) is 19.3 Å².